The molecule has 0 saturated heterocycles. The van der Waals surface area contributed by atoms with Gasteiger partial charge in [-0.25, -0.2) is 4.39 Å². The summed E-state index contributed by atoms with van der Waals surface area (Å²) >= 11 is 0. The summed E-state index contributed by atoms with van der Waals surface area (Å²) in [4.78, 5) is 11.9. The summed E-state index contributed by atoms with van der Waals surface area (Å²) in [5, 5.41) is 23.2. The van der Waals surface area contributed by atoms with Crippen LogP contribution in [0.15, 0.2) is 18.2 Å². The fraction of sp³-hybridized carbons (Fsp3) is 0.429. The first-order valence-corrected chi connectivity index (χ1v) is 6.91. The highest BCUT2D eigenvalue weighted by Gasteiger charge is 2.16. The Morgan fingerprint density at radius 3 is 2.77 bits per heavy atom. The lowest BCUT2D eigenvalue weighted by molar-refractivity contribution is -0.118. The van der Waals surface area contributed by atoms with Crippen molar-refractivity contribution in [3.05, 3.63) is 29.8 Å². The van der Waals surface area contributed by atoms with Gasteiger partial charge in [0.25, 0.3) is 0 Å². The Hall–Kier alpha value is -2.35. The number of nitrogens with one attached hydrogen (secondary N) is 1. The first kappa shape index (κ1) is 16.0. The molecule has 1 amide bonds. The van der Waals surface area contributed by atoms with Crippen LogP contribution in [-0.4, -0.2) is 37.3 Å². The maximum Gasteiger partial charge on any atom is 0.226 e. The third-order valence-corrected chi connectivity index (χ3v) is 3.25. The molecule has 0 fully saturated rings. The minimum atomic E-state index is -0.721. The molecule has 7 nitrogen and oxygen atoms in total. The Balaban J connectivity index is 2.17. The molecule has 8 heteroatoms. The number of tetrazole rings is 1. The van der Waals surface area contributed by atoms with Gasteiger partial charge in [0.05, 0.1) is 12.5 Å². The third kappa shape index (κ3) is 3.64. The van der Waals surface area contributed by atoms with E-state index in [1.54, 1.807) is 6.92 Å². The predicted octanol–water partition coefficient (Wildman–Crippen LogP) is 1.46. The van der Waals surface area contributed by atoms with Crippen molar-refractivity contribution < 1.29 is 14.3 Å². The second kappa shape index (κ2) is 6.61. The van der Waals surface area contributed by atoms with E-state index in [2.05, 4.69) is 20.8 Å². The number of carbonyl (C=O) groups is 1. The Kier molecular flexibility index (Phi) is 4.81. The molecule has 0 radical (unpaired) electrons. The van der Waals surface area contributed by atoms with E-state index < -0.39 is 11.9 Å². The number of amides is 1. The van der Waals surface area contributed by atoms with Crippen LogP contribution in [0.3, 0.4) is 0 Å². The van der Waals surface area contributed by atoms with Gasteiger partial charge < -0.3 is 10.4 Å². The number of rotatable bonds is 5. The highest BCUT2D eigenvalue weighted by Crippen LogP contribution is 2.19. The molecule has 0 aliphatic heterocycles. The lowest BCUT2D eigenvalue weighted by atomic mass is 10.0. The molecule has 0 aliphatic carbocycles. The molecule has 1 unspecified atom stereocenters. The van der Waals surface area contributed by atoms with Crippen molar-refractivity contribution >= 4 is 11.6 Å². The highest BCUT2D eigenvalue weighted by atomic mass is 19.1. The summed E-state index contributed by atoms with van der Waals surface area (Å²) in [6, 6.07) is 4.11. The summed E-state index contributed by atoms with van der Waals surface area (Å²) < 4.78 is 15.1. The average molecular weight is 307 g/mol. The molecule has 1 heterocycles. The summed E-state index contributed by atoms with van der Waals surface area (Å²) in [5.74, 6) is -0.432. The summed E-state index contributed by atoms with van der Waals surface area (Å²) in [7, 11) is 0. The summed E-state index contributed by atoms with van der Waals surface area (Å²) in [6.07, 6.45) is -0.740. The zero-order chi connectivity index (χ0) is 16.3. The number of hydrogen-bond acceptors (Lipinski definition) is 5. The van der Waals surface area contributed by atoms with E-state index in [0.29, 0.717) is 11.5 Å². The Bertz CT molecular complexity index is 671. The minimum Gasteiger partial charge on any atom is -0.392 e. The van der Waals surface area contributed by atoms with Gasteiger partial charge in [-0.05, 0) is 41.5 Å². The highest BCUT2D eigenvalue weighted by molar-refractivity contribution is 5.91. The predicted molar refractivity (Wildman–Crippen MR) is 77.9 cm³/mol. The number of aliphatic hydroxyl groups is 1. The molecule has 0 aliphatic rings. The van der Waals surface area contributed by atoms with E-state index in [9.17, 15) is 14.3 Å². The topological polar surface area (TPSA) is 92.9 Å². The van der Waals surface area contributed by atoms with Gasteiger partial charge in [0.1, 0.15) is 11.5 Å². The number of anilines is 1. The minimum absolute atomic E-state index is 0.0154. The zero-order valence-corrected chi connectivity index (χ0v) is 12.6. The van der Waals surface area contributed by atoms with E-state index in [1.165, 1.54) is 22.9 Å². The molecule has 22 heavy (non-hydrogen) atoms. The van der Waals surface area contributed by atoms with Crippen molar-refractivity contribution in [2.45, 2.75) is 33.3 Å². The fourth-order valence-electron chi connectivity index (χ4n) is 1.84. The van der Waals surface area contributed by atoms with E-state index in [0.717, 1.165) is 0 Å². The van der Waals surface area contributed by atoms with Crippen molar-refractivity contribution in [1.29, 1.82) is 0 Å². The molecule has 118 valence electrons. The van der Waals surface area contributed by atoms with Gasteiger partial charge in [0.15, 0.2) is 5.82 Å². The number of aryl methyl sites for hydroxylation is 1. The first-order chi connectivity index (χ1) is 10.4. The monoisotopic (exact) mass is 307 g/mol. The van der Waals surface area contributed by atoms with Gasteiger partial charge in [0.2, 0.25) is 5.91 Å². The van der Waals surface area contributed by atoms with Gasteiger partial charge >= 0.3 is 0 Å². The molecule has 0 spiro atoms. The van der Waals surface area contributed by atoms with Crippen LogP contribution in [0.25, 0.3) is 5.69 Å². The van der Waals surface area contributed by atoms with Gasteiger partial charge in [0, 0.05) is 5.69 Å². The van der Waals surface area contributed by atoms with Gasteiger partial charge in [-0.3, -0.25) is 4.79 Å². The standard InChI is InChI=1S/C14H18FN5O2/c1-8(2)13(21)7-14(22)16-10-4-5-11(15)12(6-10)20-9(3)17-18-19-20/h4-6,8,13,21H,7H2,1-3H3,(H,16,22). The molecule has 0 saturated carbocycles. The summed E-state index contributed by atoms with van der Waals surface area (Å²) in [6.45, 7) is 5.30. The van der Waals surface area contributed by atoms with Crippen LogP contribution in [0.1, 0.15) is 26.1 Å². The van der Waals surface area contributed by atoms with Crippen LogP contribution in [-0.2, 0) is 4.79 Å². The normalized spacial score (nSPS) is 12.5. The number of aliphatic hydroxyl groups excluding tert-OH is 1. The smallest absolute Gasteiger partial charge is 0.226 e. The van der Waals surface area contributed by atoms with Crippen LogP contribution in [0, 0.1) is 18.7 Å². The van der Waals surface area contributed by atoms with E-state index in [-0.39, 0.29) is 23.9 Å². The van der Waals surface area contributed by atoms with E-state index in [4.69, 9.17) is 0 Å². The lowest BCUT2D eigenvalue weighted by Crippen LogP contribution is -2.23. The van der Waals surface area contributed by atoms with Crippen LogP contribution in [0.4, 0.5) is 10.1 Å². The van der Waals surface area contributed by atoms with Gasteiger partial charge in [-0.1, -0.05) is 13.8 Å². The summed E-state index contributed by atoms with van der Waals surface area (Å²) in [5.41, 5.74) is 0.553. The molecule has 0 bridgehead atoms. The van der Waals surface area contributed by atoms with Crippen LogP contribution in [0.2, 0.25) is 0 Å². The van der Waals surface area contributed by atoms with Gasteiger partial charge in [-0.15, -0.1) is 5.10 Å². The number of hydrogen-bond donors (Lipinski definition) is 2. The SMILES string of the molecule is Cc1nnnn1-c1cc(NC(=O)CC(O)C(C)C)ccc1F. The molecular weight excluding hydrogens is 289 g/mol. The van der Waals surface area contributed by atoms with Crippen molar-refractivity contribution in [3.63, 3.8) is 0 Å². The molecule has 2 N–H and O–H groups in total. The molecule has 1 aromatic heterocycles. The van der Waals surface area contributed by atoms with Crippen molar-refractivity contribution in [2.24, 2.45) is 5.92 Å². The largest absolute Gasteiger partial charge is 0.392 e. The van der Waals surface area contributed by atoms with Crippen molar-refractivity contribution in [2.75, 3.05) is 5.32 Å². The number of nitrogens with zero attached hydrogens (tertiary/aromatic N) is 4. The Morgan fingerprint density at radius 2 is 2.18 bits per heavy atom. The molecule has 2 aromatic rings. The first-order valence-electron chi connectivity index (χ1n) is 6.91. The van der Waals surface area contributed by atoms with E-state index in [1.807, 2.05) is 13.8 Å². The number of benzene rings is 1. The van der Waals surface area contributed by atoms with Crippen molar-refractivity contribution in [1.82, 2.24) is 20.2 Å². The number of aromatic nitrogens is 4. The lowest BCUT2D eigenvalue weighted by Gasteiger charge is -2.14. The average Bonchev–Trinajstić information content (AvgIpc) is 2.86. The Morgan fingerprint density at radius 1 is 1.45 bits per heavy atom. The quantitative estimate of drug-likeness (QED) is 0.872. The Labute approximate surface area is 127 Å². The second-order valence-electron chi connectivity index (χ2n) is 5.37. The molecule has 1 aromatic carbocycles. The second-order valence-corrected chi connectivity index (χ2v) is 5.37. The third-order valence-electron chi connectivity index (χ3n) is 3.25. The molecule has 1 atom stereocenters. The zero-order valence-electron chi connectivity index (χ0n) is 12.6. The van der Waals surface area contributed by atoms with Crippen molar-refractivity contribution in [3.8, 4) is 5.69 Å². The van der Waals surface area contributed by atoms with Gasteiger partial charge in [-0.2, -0.15) is 4.68 Å². The maximum atomic E-state index is 13.9. The van der Waals surface area contributed by atoms with Crippen LogP contribution in [0.5, 0.6) is 0 Å². The van der Waals surface area contributed by atoms with Crippen LogP contribution >= 0.6 is 0 Å². The maximum absolute atomic E-state index is 13.9. The molecule has 2 rings (SSSR count). The fourth-order valence-corrected chi connectivity index (χ4v) is 1.84. The number of carbonyl (C=O) groups excluding carboxylic acids is 1. The van der Waals surface area contributed by atoms with E-state index >= 15 is 0 Å². The molecular formula is C14H18FN5O2. The van der Waals surface area contributed by atoms with Crippen LogP contribution < -0.4 is 5.32 Å². The number of halogens is 1.